The molecule has 0 amide bonds. The Morgan fingerprint density at radius 2 is 0.800 bits per heavy atom. The zero-order valence-corrected chi connectivity index (χ0v) is 21.6. The van der Waals surface area contributed by atoms with Gasteiger partial charge in [0, 0.05) is 23.2 Å². The predicted molar refractivity (Wildman–Crippen MR) is 170 cm³/mol. The molecule has 0 fully saturated rings. The van der Waals surface area contributed by atoms with Crippen molar-refractivity contribution in [2.75, 3.05) is 0 Å². The normalized spacial score (nSPS) is 12.0. The van der Waals surface area contributed by atoms with Gasteiger partial charge in [-0.2, -0.15) is 0 Å². The molecule has 0 N–H and O–H groups in total. The summed E-state index contributed by atoms with van der Waals surface area (Å²) in [5, 5.41) is 15.0. The van der Waals surface area contributed by atoms with Crippen LogP contribution in [0.3, 0.4) is 0 Å². The van der Waals surface area contributed by atoms with Crippen LogP contribution in [0.15, 0.2) is 134 Å². The lowest BCUT2D eigenvalue weighted by Crippen LogP contribution is -1.92. The Kier molecular flexibility index (Phi) is 4.36. The molecule has 2 heterocycles. The van der Waals surface area contributed by atoms with Crippen molar-refractivity contribution in [3.8, 4) is 11.1 Å². The number of rotatable bonds is 1. The second kappa shape index (κ2) is 8.08. The van der Waals surface area contributed by atoms with Gasteiger partial charge in [-0.1, -0.05) is 97.1 Å². The van der Waals surface area contributed by atoms with E-state index in [0.717, 1.165) is 21.8 Å². The summed E-state index contributed by atoms with van der Waals surface area (Å²) in [6.07, 6.45) is 3.71. The second-order valence-electron chi connectivity index (χ2n) is 10.5. The topological polar surface area (TPSA) is 25.8 Å². The molecule has 9 rings (SSSR count). The quantitative estimate of drug-likeness (QED) is 0.207. The highest BCUT2D eigenvalue weighted by Gasteiger charge is 2.18. The average Bonchev–Trinajstić information content (AvgIpc) is 3.03. The van der Waals surface area contributed by atoms with Crippen LogP contribution in [0.5, 0.6) is 0 Å². The summed E-state index contributed by atoms with van der Waals surface area (Å²) in [6, 6.07) is 44.2. The maximum atomic E-state index is 4.80. The molecule has 0 aliphatic heterocycles. The summed E-state index contributed by atoms with van der Waals surface area (Å²) in [5.74, 6) is 0. The van der Waals surface area contributed by atoms with Crippen LogP contribution in [-0.4, -0.2) is 9.97 Å². The number of benzene rings is 6. The zero-order chi connectivity index (χ0) is 26.2. The van der Waals surface area contributed by atoms with Crippen molar-refractivity contribution in [3.05, 3.63) is 134 Å². The third kappa shape index (κ3) is 2.88. The lowest BCUT2D eigenvalue weighted by molar-refractivity contribution is 1.37. The molecule has 0 radical (unpaired) electrons. The van der Waals surface area contributed by atoms with Crippen molar-refractivity contribution in [3.63, 3.8) is 0 Å². The molecule has 0 saturated carbocycles. The Labute approximate surface area is 230 Å². The smallest absolute Gasteiger partial charge is 0.0970 e. The molecule has 0 unspecified atom stereocenters. The molecule has 0 aliphatic carbocycles. The third-order valence-electron chi connectivity index (χ3n) is 8.48. The number of nitrogens with zero attached hydrogens (tertiary/aromatic N) is 2. The van der Waals surface area contributed by atoms with Gasteiger partial charge >= 0.3 is 0 Å². The van der Waals surface area contributed by atoms with Gasteiger partial charge in [0.25, 0.3) is 0 Å². The van der Waals surface area contributed by atoms with E-state index < -0.39 is 0 Å². The minimum absolute atomic E-state index is 0.939. The van der Waals surface area contributed by atoms with Crippen LogP contribution in [0, 0.1) is 0 Å². The summed E-state index contributed by atoms with van der Waals surface area (Å²) in [4.78, 5) is 9.50. The Bertz CT molecular complexity index is 2490. The maximum Gasteiger partial charge on any atom is 0.0970 e. The fraction of sp³-hybridized carbons (Fsp3) is 0. The van der Waals surface area contributed by atoms with E-state index >= 15 is 0 Å². The van der Waals surface area contributed by atoms with Gasteiger partial charge in [0.15, 0.2) is 0 Å². The van der Waals surface area contributed by atoms with Crippen molar-refractivity contribution in [1.29, 1.82) is 0 Å². The fourth-order valence-electron chi connectivity index (χ4n) is 6.83. The molecule has 2 heteroatoms. The average molecular weight is 507 g/mol. The van der Waals surface area contributed by atoms with Crippen LogP contribution in [0.4, 0.5) is 0 Å². The van der Waals surface area contributed by atoms with E-state index in [1.165, 1.54) is 65.0 Å². The molecule has 2 aromatic heterocycles. The highest BCUT2D eigenvalue weighted by atomic mass is 14.7. The van der Waals surface area contributed by atoms with Crippen molar-refractivity contribution < 1.29 is 0 Å². The first kappa shape index (κ1) is 21.6. The highest BCUT2D eigenvalue weighted by molar-refractivity contribution is 6.34. The van der Waals surface area contributed by atoms with E-state index in [0.29, 0.717) is 0 Å². The minimum Gasteiger partial charge on any atom is -0.254 e. The number of fused-ring (bicyclic) bond motifs is 8. The van der Waals surface area contributed by atoms with Crippen LogP contribution in [-0.2, 0) is 0 Å². The van der Waals surface area contributed by atoms with Gasteiger partial charge in [-0.15, -0.1) is 0 Å². The molecule has 0 aliphatic rings. The molecule has 40 heavy (non-hydrogen) atoms. The standard InChI is InChI=1S/C38H22N2/c1-3-13-27-25(11-1)26-12-2-4-14-28(26)30-16-6-17-31-33(21-23-9-5-15-29(27)35(23)36(30)31)34-22-24-10-7-19-39-37(24)38-32(34)18-8-20-40-38/h1-22H. The molecule has 2 nitrogen and oxygen atoms in total. The van der Waals surface area contributed by atoms with E-state index in [-0.39, 0.29) is 0 Å². The molecule has 9 aromatic rings. The Morgan fingerprint density at radius 3 is 1.55 bits per heavy atom. The fourth-order valence-corrected chi connectivity index (χ4v) is 6.83. The molecule has 7 aromatic carbocycles. The first-order valence-electron chi connectivity index (χ1n) is 13.7. The number of pyridine rings is 2. The van der Waals surface area contributed by atoms with Crippen LogP contribution >= 0.6 is 0 Å². The molecule has 0 bridgehead atoms. The van der Waals surface area contributed by atoms with Gasteiger partial charge < -0.3 is 0 Å². The van der Waals surface area contributed by atoms with E-state index in [1.807, 2.05) is 24.5 Å². The highest BCUT2D eigenvalue weighted by Crippen LogP contribution is 2.45. The summed E-state index contributed by atoms with van der Waals surface area (Å²) in [7, 11) is 0. The van der Waals surface area contributed by atoms with Gasteiger partial charge in [-0.05, 0) is 89.3 Å². The predicted octanol–water partition coefficient (Wildman–Crippen LogP) is 10.2. The molecule has 0 spiro atoms. The first-order chi connectivity index (χ1) is 19.9. The van der Waals surface area contributed by atoms with E-state index in [4.69, 9.17) is 9.97 Å². The largest absolute Gasteiger partial charge is 0.254 e. The molecule has 184 valence electrons. The molecule has 0 saturated heterocycles. The van der Waals surface area contributed by atoms with E-state index in [1.54, 1.807) is 0 Å². The van der Waals surface area contributed by atoms with Crippen molar-refractivity contribution in [1.82, 2.24) is 9.97 Å². The minimum atomic E-state index is 0.939. The van der Waals surface area contributed by atoms with Crippen LogP contribution in [0.2, 0.25) is 0 Å². The van der Waals surface area contributed by atoms with Crippen molar-refractivity contribution in [2.24, 2.45) is 0 Å². The van der Waals surface area contributed by atoms with Crippen LogP contribution in [0.1, 0.15) is 0 Å². The summed E-state index contributed by atoms with van der Waals surface area (Å²) in [6.45, 7) is 0. The van der Waals surface area contributed by atoms with E-state index in [9.17, 15) is 0 Å². The molecular weight excluding hydrogens is 484 g/mol. The number of aromatic nitrogens is 2. The Morgan fingerprint density at radius 1 is 0.325 bits per heavy atom. The summed E-state index contributed by atoms with van der Waals surface area (Å²) >= 11 is 0. The van der Waals surface area contributed by atoms with Gasteiger partial charge in [-0.3, -0.25) is 9.97 Å². The zero-order valence-electron chi connectivity index (χ0n) is 21.6. The lowest BCUT2D eigenvalue weighted by atomic mass is 9.86. The van der Waals surface area contributed by atoms with Crippen LogP contribution in [0.25, 0.3) is 86.8 Å². The SMILES string of the molecule is c1cnc2c(c1)cc(-c1cc3cccc4c5ccccc5c5ccccc5c5cccc1c5c34)c1cccnc12. The second-order valence-corrected chi connectivity index (χ2v) is 10.5. The number of hydrogen-bond acceptors (Lipinski definition) is 2. The first-order valence-corrected chi connectivity index (χ1v) is 13.7. The summed E-state index contributed by atoms with van der Waals surface area (Å²) in [5.41, 5.74) is 4.28. The van der Waals surface area contributed by atoms with Gasteiger partial charge in [-0.25, -0.2) is 0 Å². The molecular formula is C38H22N2. The molecule has 0 atom stereocenters. The lowest BCUT2D eigenvalue weighted by Gasteiger charge is -2.18. The van der Waals surface area contributed by atoms with Gasteiger partial charge in [0.05, 0.1) is 11.0 Å². The van der Waals surface area contributed by atoms with Gasteiger partial charge in [0.2, 0.25) is 0 Å². The van der Waals surface area contributed by atoms with Crippen molar-refractivity contribution in [2.45, 2.75) is 0 Å². The number of hydrogen-bond donors (Lipinski definition) is 0. The van der Waals surface area contributed by atoms with E-state index in [2.05, 4.69) is 109 Å². The summed E-state index contributed by atoms with van der Waals surface area (Å²) < 4.78 is 0. The monoisotopic (exact) mass is 506 g/mol. The van der Waals surface area contributed by atoms with Gasteiger partial charge in [0.1, 0.15) is 0 Å². The third-order valence-corrected chi connectivity index (χ3v) is 8.48. The van der Waals surface area contributed by atoms with Crippen LogP contribution < -0.4 is 0 Å². The maximum absolute atomic E-state index is 4.80. The Balaban J connectivity index is 1.59. The Hall–Kier alpha value is -5.34. The van der Waals surface area contributed by atoms with Crippen molar-refractivity contribution >= 4 is 75.7 Å².